The summed E-state index contributed by atoms with van der Waals surface area (Å²) in [6, 6.07) is 11.4. The van der Waals surface area contributed by atoms with Gasteiger partial charge in [0.25, 0.3) is 5.91 Å². The number of carbonyl (C=O) groups is 1. The summed E-state index contributed by atoms with van der Waals surface area (Å²) in [6.07, 6.45) is 6.73. The molecule has 2 aromatic carbocycles. The van der Waals surface area contributed by atoms with Crippen molar-refractivity contribution in [1.82, 2.24) is 4.72 Å². The van der Waals surface area contributed by atoms with E-state index in [0.29, 0.717) is 50.1 Å². The van der Waals surface area contributed by atoms with Gasteiger partial charge in [0.15, 0.2) is 0 Å². The van der Waals surface area contributed by atoms with Gasteiger partial charge < -0.3 is 19.5 Å². The predicted molar refractivity (Wildman–Crippen MR) is 161 cm³/mol. The number of aliphatic hydroxyl groups is 1. The fraction of sp³-hybridized carbons (Fsp3) is 0.594. The second-order valence-electron chi connectivity index (χ2n) is 13.2. The summed E-state index contributed by atoms with van der Waals surface area (Å²) in [4.78, 5) is 15.6. The monoisotopic (exact) mass is 614 g/mol. The standard InChI is InChI=1S/C32H39ClN2O6S/c33-24-6-8-26-21(15-24)3-1-10-31(26)19-35-18-23-4-7-25(23)29-17-32(37,12-13-40-29)11-2-14-42(38,39)34-30(36)22-5-9-28(41-20-31)27(35)16-22/h5-6,8-9,15-16,23,25,29,37H,1-4,7,10-14,17-20H2,(H,34,36)/t23-,25+,29+,31-,32+/m0/s1. The largest absolute Gasteiger partial charge is 0.490 e. The molecule has 0 radical (unpaired) electrons. The number of hydrogen-bond acceptors (Lipinski definition) is 7. The van der Waals surface area contributed by atoms with Crippen molar-refractivity contribution in [2.45, 2.75) is 74.9 Å². The summed E-state index contributed by atoms with van der Waals surface area (Å²) < 4.78 is 40.8. The van der Waals surface area contributed by atoms with Crippen LogP contribution in [0.15, 0.2) is 36.4 Å². The Balaban J connectivity index is 1.29. The van der Waals surface area contributed by atoms with Crippen LogP contribution in [0.25, 0.3) is 0 Å². The zero-order chi connectivity index (χ0) is 29.1. The molecule has 226 valence electrons. The van der Waals surface area contributed by atoms with Gasteiger partial charge in [-0.1, -0.05) is 17.7 Å². The van der Waals surface area contributed by atoms with Crippen molar-refractivity contribution in [3.63, 3.8) is 0 Å². The Labute approximate surface area is 252 Å². The Kier molecular flexibility index (Phi) is 7.23. The minimum atomic E-state index is -3.87. The van der Waals surface area contributed by atoms with Crippen molar-refractivity contribution in [2.75, 3.05) is 37.0 Å². The second-order valence-corrected chi connectivity index (χ2v) is 15.5. The first-order valence-corrected chi connectivity index (χ1v) is 17.3. The van der Waals surface area contributed by atoms with E-state index in [1.54, 1.807) is 18.2 Å². The molecule has 2 N–H and O–H groups in total. The molecule has 10 heteroatoms. The van der Waals surface area contributed by atoms with E-state index < -0.39 is 21.5 Å². The summed E-state index contributed by atoms with van der Waals surface area (Å²) in [7, 11) is -3.87. The van der Waals surface area contributed by atoms with Crippen molar-refractivity contribution >= 4 is 33.2 Å². The van der Waals surface area contributed by atoms with Gasteiger partial charge in [-0.3, -0.25) is 4.79 Å². The summed E-state index contributed by atoms with van der Waals surface area (Å²) in [6.45, 7) is 2.47. The highest BCUT2D eigenvalue weighted by atomic mass is 35.5. The number of amides is 1. The topological polar surface area (TPSA) is 105 Å². The van der Waals surface area contributed by atoms with Gasteiger partial charge in [-0.05, 0) is 105 Å². The maximum atomic E-state index is 13.2. The van der Waals surface area contributed by atoms with E-state index in [1.165, 1.54) is 11.1 Å². The minimum Gasteiger partial charge on any atom is -0.490 e. The quantitative estimate of drug-likeness (QED) is 0.447. The predicted octanol–water partition coefficient (Wildman–Crippen LogP) is 4.60. The van der Waals surface area contributed by atoms with E-state index in [-0.39, 0.29) is 29.3 Å². The average Bonchev–Trinajstić information content (AvgIpc) is 3.07. The van der Waals surface area contributed by atoms with Crippen LogP contribution < -0.4 is 14.4 Å². The first-order chi connectivity index (χ1) is 20.1. The van der Waals surface area contributed by atoms with Crippen molar-refractivity contribution < 1.29 is 27.8 Å². The summed E-state index contributed by atoms with van der Waals surface area (Å²) in [5.41, 5.74) is 2.44. The van der Waals surface area contributed by atoms with E-state index in [2.05, 4.69) is 21.8 Å². The van der Waals surface area contributed by atoms with Crippen LogP contribution in [0.5, 0.6) is 5.75 Å². The second kappa shape index (κ2) is 10.7. The number of nitrogens with zero attached hydrogens (tertiary/aromatic N) is 1. The van der Waals surface area contributed by atoms with Crippen LogP contribution in [0.3, 0.4) is 0 Å². The Morgan fingerprint density at radius 3 is 2.79 bits per heavy atom. The highest BCUT2D eigenvalue weighted by Crippen LogP contribution is 2.48. The third-order valence-electron chi connectivity index (χ3n) is 10.5. The Bertz CT molecular complexity index is 1500. The normalized spacial score (nSPS) is 34.2. The van der Waals surface area contributed by atoms with Crippen LogP contribution in [-0.2, 0) is 26.6 Å². The number of aryl methyl sites for hydroxylation is 1. The first-order valence-electron chi connectivity index (χ1n) is 15.3. The number of carbonyl (C=O) groups excluding carboxylic acids is 1. The third-order valence-corrected chi connectivity index (χ3v) is 12.0. The van der Waals surface area contributed by atoms with Crippen LogP contribution in [0.1, 0.15) is 72.9 Å². The SMILES string of the molecule is O=C1NS(=O)(=O)CCC[C@@]2(O)CCO[C@H](C2)[C@@H]2CC[C@H]2CN2C[C@@]3(CCCc4cc(Cl)ccc43)COc3ccc1cc32. The molecule has 5 aliphatic rings. The van der Waals surface area contributed by atoms with Gasteiger partial charge in [0, 0.05) is 42.1 Å². The zero-order valence-corrected chi connectivity index (χ0v) is 25.4. The molecule has 2 aromatic rings. The molecular formula is C32H39ClN2O6S. The van der Waals surface area contributed by atoms with Crippen LogP contribution in [-0.4, -0.2) is 63.2 Å². The third kappa shape index (κ3) is 5.31. The van der Waals surface area contributed by atoms with Gasteiger partial charge in [0.2, 0.25) is 10.0 Å². The van der Waals surface area contributed by atoms with Crippen LogP contribution >= 0.6 is 11.6 Å². The van der Waals surface area contributed by atoms with E-state index in [9.17, 15) is 18.3 Å². The maximum absolute atomic E-state index is 13.2. The van der Waals surface area contributed by atoms with Gasteiger partial charge in [0.05, 0.1) is 29.8 Å². The number of sulfonamides is 1. The highest BCUT2D eigenvalue weighted by molar-refractivity contribution is 7.90. The summed E-state index contributed by atoms with van der Waals surface area (Å²) >= 11 is 6.40. The van der Waals surface area contributed by atoms with Gasteiger partial charge in [0.1, 0.15) is 5.75 Å². The number of anilines is 1. The van der Waals surface area contributed by atoms with Crippen molar-refractivity contribution in [3.8, 4) is 5.75 Å². The summed E-state index contributed by atoms with van der Waals surface area (Å²) in [5, 5.41) is 12.2. The van der Waals surface area contributed by atoms with Crippen LogP contribution in [0.2, 0.25) is 5.02 Å². The lowest BCUT2D eigenvalue weighted by atomic mass is 9.66. The Hall–Kier alpha value is -2.33. The molecule has 0 unspecified atom stereocenters. The molecule has 4 bridgehead atoms. The van der Waals surface area contributed by atoms with Crippen molar-refractivity contribution in [1.29, 1.82) is 0 Å². The molecular weight excluding hydrogens is 576 g/mol. The zero-order valence-electron chi connectivity index (χ0n) is 23.8. The van der Waals surface area contributed by atoms with Crippen molar-refractivity contribution in [2.24, 2.45) is 11.8 Å². The molecule has 1 saturated heterocycles. The number of hydrogen-bond donors (Lipinski definition) is 2. The van der Waals surface area contributed by atoms with Gasteiger partial charge in [-0.15, -0.1) is 0 Å². The average molecular weight is 615 g/mol. The molecule has 1 amide bonds. The Morgan fingerprint density at radius 2 is 1.95 bits per heavy atom. The highest BCUT2D eigenvalue weighted by Gasteiger charge is 2.47. The molecule has 8 nitrogen and oxygen atoms in total. The number of halogens is 1. The number of benzene rings is 2. The molecule has 3 aliphatic heterocycles. The summed E-state index contributed by atoms with van der Waals surface area (Å²) in [5.74, 6) is 0.533. The molecule has 5 atom stereocenters. The molecule has 1 spiro atoms. The minimum absolute atomic E-state index is 0.0488. The van der Waals surface area contributed by atoms with Crippen molar-refractivity contribution in [3.05, 3.63) is 58.1 Å². The number of rotatable bonds is 0. The Morgan fingerprint density at radius 1 is 1.07 bits per heavy atom. The molecule has 7 rings (SSSR count). The molecule has 0 aromatic heterocycles. The molecule has 1 saturated carbocycles. The van der Waals surface area contributed by atoms with Gasteiger partial charge in [-0.2, -0.15) is 0 Å². The lowest BCUT2D eigenvalue weighted by Gasteiger charge is -2.49. The van der Waals surface area contributed by atoms with Gasteiger partial charge in [-0.25, -0.2) is 13.1 Å². The lowest BCUT2D eigenvalue weighted by Crippen LogP contribution is -2.52. The van der Waals surface area contributed by atoms with Gasteiger partial charge >= 0.3 is 0 Å². The van der Waals surface area contributed by atoms with Crippen LogP contribution in [0.4, 0.5) is 5.69 Å². The number of nitrogens with one attached hydrogen (secondary N) is 1. The van der Waals surface area contributed by atoms with E-state index in [1.807, 2.05) is 6.07 Å². The van der Waals surface area contributed by atoms with Crippen LogP contribution in [0, 0.1) is 11.8 Å². The number of ether oxygens (including phenoxy) is 2. The molecule has 2 aliphatic carbocycles. The number of fused-ring (bicyclic) bond motifs is 7. The fourth-order valence-electron chi connectivity index (χ4n) is 8.13. The van der Waals surface area contributed by atoms with E-state index >= 15 is 0 Å². The first kappa shape index (κ1) is 28.4. The maximum Gasteiger partial charge on any atom is 0.264 e. The fourth-order valence-corrected chi connectivity index (χ4v) is 9.35. The smallest absolute Gasteiger partial charge is 0.264 e. The molecule has 3 heterocycles. The molecule has 42 heavy (non-hydrogen) atoms. The van der Waals surface area contributed by atoms with E-state index in [4.69, 9.17) is 21.1 Å². The molecule has 2 fully saturated rings. The van der Waals surface area contributed by atoms with E-state index in [0.717, 1.165) is 55.9 Å². The lowest BCUT2D eigenvalue weighted by molar-refractivity contribution is -0.144.